The largest absolute Gasteiger partial charge is 0.463 e. The molecule has 0 spiro atoms. The van der Waals surface area contributed by atoms with Gasteiger partial charge in [0.25, 0.3) is 0 Å². The number of aliphatic hydroxyl groups is 2. The minimum Gasteiger partial charge on any atom is -0.463 e. The molecule has 2 N–H and O–H groups in total. The summed E-state index contributed by atoms with van der Waals surface area (Å²) in [5, 5.41) is 18.7. The standard InChI is InChI=1S/C10H20O4/c1-4-9(12)6-10(13)5-7(2)14-8(3)11/h7,9-10,12-13H,4-6H2,1-3H3. The van der Waals surface area contributed by atoms with Crippen LogP contribution in [0.5, 0.6) is 0 Å². The van der Waals surface area contributed by atoms with Crippen LogP contribution in [-0.2, 0) is 9.53 Å². The molecule has 0 aliphatic rings. The Morgan fingerprint density at radius 3 is 2.29 bits per heavy atom. The van der Waals surface area contributed by atoms with Crippen molar-refractivity contribution in [2.24, 2.45) is 0 Å². The highest BCUT2D eigenvalue weighted by Crippen LogP contribution is 2.09. The average molecular weight is 204 g/mol. The molecule has 0 heterocycles. The molecule has 0 rings (SSSR count). The number of esters is 1. The highest BCUT2D eigenvalue weighted by Gasteiger charge is 2.15. The smallest absolute Gasteiger partial charge is 0.302 e. The molecular formula is C10H20O4. The highest BCUT2D eigenvalue weighted by molar-refractivity contribution is 5.66. The zero-order valence-corrected chi connectivity index (χ0v) is 9.06. The third kappa shape index (κ3) is 6.86. The van der Waals surface area contributed by atoms with Crippen molar-refractivity contribution < 1.29 is 19.7 Å². The van der Waals surface area contributed by atoms with E-state index in [-0.39, 0.29) is 12.1 Å². The van der Waals surface area contributed by atoms with Crippen LogP contribution in [0.4, 0.5) is 0 Å². The Labute approximate surface area is 84.9 Å². The first-order chi connectivity index (χ1) is 6.45. The second-order valence-electron chi connectivity index (χ2n) is 3.61. The van der Waals surface area contributed by atoms with Gasteiger partial charge in [0, 0.05) is 13.3 Å². The molecule has 3 unspecified atom stereocenters. The Morgan fingerprint density at radius 2 is 1.86 bits per heavy atom. The lowest BCUT2D eigenvalue weighted by atomic mass is 10.0. The number of hydrogen-bond donors (Lipinski definition) is 2. The van der Waals surface area contributed by atoms with Crippen molar-refractivity contribution in [1.29, 1.82) is 0 Å². The topological polar surface area (TPSA) is 66.8 Å². The van der Waals surface area contributed by atoms with Gasteiger partial charge in [-0.15, -0.1) is 0 Å². The monoisotopic (exact) mass is 204 g/mol. The van der Waals surface area contributed by atoms with Gasteiger partial charge < -0.3 is 14.9 Å². The van der Waals surface area contributed by atoms with E-state index in [1.807, 2.05) is 6.92 Å². The van der Waals surface area contributed by atoms with Crippen LogP contribution in [0.3, 0.4) is 0 Å². The van der Waals surface area contributed by atoms with Crippen LogP contribution in [0.25, 0.3) is 0 Å². The fourth-order valence-electron chi connectivity index (χ4n) is 1.29. The molecule has 4 heteroatoms. The summed E-state index contributed by atoms with van der Waals surface area (Å²) in [4.78, 5) is 10.6. The third-order valence-electron chi connectivity index (χ3n) is 1.99. The molecule has 0 bridgehead atoms. The van der Waals surface area contributed by atoms with Crippen LogP contribution < -0.4 is 0 Å². The highest BCUT2D eigenvalue weighted by atomic mass is 16.5. The summed E-state index contributed by atoms with van der Waals surface area (Å²) in [5.74, 6) is -0.347. The molecule has 0 saturated carbocycles. The third-order valence-corrected chi connectivity index (χ3v) is 1.99. The summed E-state index contributed by atoms with van der Waals surface area (Å²) in [6, 6.07) is 0. The fraction of sp³-hybridized carbons (Fsp3) is 0.900. The predicted octanol–water partition coefficient (Wildman–Crippen LogP) is 0.850. The summed E-state index contributed by atoms with van der Waals surface area (Å²) >= 11 is 0. The van der Waals surface area contributed by atoms with Gasteiger partial charge in [-0.25, -0.2) is 0 Å². The molecule has 0 fully saturated rings. The summed E-state index contributed by atoms with van der Waals surface area (Å²) in [6.45, 7) is 4.92. The number of carbonyl (C=O) groups excluding carboxylic acids is 1. The van der Waals surface area contributed by atoms with Gasteiger partial charge in [-0.1, -0.05) is 6.92 Å². The van der Waals surface area contributed by atoms with Crippen molar-refractivity contribution in [1.82, 2.24) is 0 Å². The van der Waals surface area contributed by atoms with E-state index in [9.17, 15) is 15.0 Å². The lowest BCUT2D eigenvalue weighted by Crippen LogP contribution is -2.23. The van der Waals surface area contributed by atoms with Crippen molar-refractivity contribution in [3.63, 3.8) is 0 Å². The molecule has 0 aliphatic heterocycles. The SMILES string of the molecule is CCC(O)CC(O)CC(C)OC(C)=O. The molecule has 0 amide bonds. The van der Waals surface area contributed by atoms with Gasteiger partial charge in [-0.3, -0.25) is 4.79 Å². The van der Waals surface area contributed by atoms with Crippen LogP contribution in [0.15, 0.2) is 0 Å². The lowest BCUT2D eigenvalue weighted by molar-refractivity contribution is -0.146. The lowest BCUT2D eigenvalue weighted by Gasteiger charge is -2.18. The first kappa shape index (κ1) is 13.4. The van der Waals surface area contributed by atoms with E-state index < -0.39 is 12.2 Å². The fourth-order valence-corrected chi connectivity index (χ4v) is 1.29. The molecule has 0 aromatic carbocycles. The quantitative estimate of drug-likeness (QED) is 0.629. The second kappa shape index (κ2) is 6.79. The van der Waals surface area contributed by atoms with Crippen molar-refractivity contribution in [2.75, 3.05) is 0 Å². The number of hydrogen-bond acceptors (Lipinski definition) is 4. The summed E-state index contributed by atoms with van der Waals surface area (Å²) in [6.07, 6.45) is -0.0574. The first-order valence-corrected chi connectivity index (χ1v) is 4.99. The van der Waals surface area contributed by atoms with Gasteiger partial charge >= 0.3 is 5.97 Å². The minimum atomic E-state index is -0.612. The van der Waals surface area contributed by atoms with Crippen LogP contribution in [0.1, 0.15) is 40.0 Å². The van der Waals surface area contributed by atoms with Gasteiger partial charge in [0.15, 0.2) is 0 Å². The molecule has 0 aromatic rings. The van der Waals surface area contributed by atoms with Gasteiger partial charge in [-0.2, -0.15) is 0 Å². The molecule has 14 heavy (non-hydrogen) atoms. The Kier molecular flexibility index (Phi) is 6.49. The van der Waals surface area contributed by atoms with E-state index in [1.54, 1.807) is 6.92 Å². The van der Waals surface area contributed by atoms with E-state index in [0.717, 1.165) is 0 Å². The molecule has 3 atom stereocenters. The van der Waals surface area contributed by atoms with E-state index in [2.05, 4.69) is 0 Å². The maximum Gasteiger partial charge on any atom is 0.302 e. The molecule has 0 aliphatic carbocycles. The molecule has 0 saturated heterocycles. The van der Waals surface area contributed by atoms with E-state index in [1.165, 1.54) is 6.92 Å². The van der Waals surface area contributed by atoms with Crippen LogP contribution in [0, 0.1) is 0 Å². The Bertz CT molecular complexity index is 170. The Hall–Kier alpha value is -0.610. The number of rotatable bonds is 6. The number of aliphatic hydroxyl groups excluding tert-OH is 2. The summed E-state index contributed by atoms with van der Waals surface area (Å²) in [7, 11) is 0. The number of carbonyl (C=O) groups is 1. The molecule has 0 aromatic heterocycles. The zero-order chi connectivity index (χ0) is 11.1. The molecular weight excluding hydrogens is 184 g/mol. The van der Waals surface area contributed by atoms with Gasteiger partial charge in [0.05, 0.1) is 12.2 Å². The van der Waals surface area contributed by atoms with E-state index >= 15 is 0 Å². The van der Waals surface area contributed by atoms with Crippen LogP contribution >= 0.6 is 0 Å². The van der Waals surface area contributed by atoms with Gasteiger partial charge in [0.1, 0.15) is 6.10 Å². The molecule has 0 radical (unpaired) electrons. The summed E-state index contributed by atoms with van der Waals surface area (Å²) in [5.41, 5.74) is 0. The van der Waals surface area contributed by atoms with Crippen molar-refractivity contribution in [3.05, 3.63) is 0 Å². The van der Waals surface area contributed by atoms with Crippen LogP contribution in [0.2, 0.25) is 0 Å². The Balaban J connectivity index is 3.70. The normalized spacial score (nSPS) is 17.2. The maximum atomic E-state index is 10.6. The zero-order valence-electron chi connectivity index (χ0n) is 9.06. The van der Waals surface area contributed by atoms with E-state index in [4.69, 9.17) is 4.74 Å². The molecule has 84 valence electrons. The first-order valence-electron chi connectivity index (χ1n) is 4.99. The minimum absolute atomic E-state index is 0.299. The predicted molar refractivity (Wildman–Crippen MR) is 52.8 cm³/mol. The van der Waals surface area contributed by atoms with E-state index in [0.29, 0.717) is 19.3 Å². The van der Waals surface area contributed by atoms with Crippen LogP contribution in [-0.4, -0.2) is 34.5 Å². The average Bonchev–Trinajstić information content (AvgIpc) is 2.01. The second-order valence-corrected chi connectivity index (χ2v) is 3.61. The van der Waals surface area contributed by atoms with Crippen molar-refractivity contribution >= 4 is 5.97 Å². The Morgan fingerprint density at radius 1 is 1.29 bits per heavy atom. The van der Waals surface area contributed by atoms with Gasteiger partial charge in [0.2, 0.25) is 0 Å². The molecule has 4 nitrogen and oxygen atoms in total. The number of ether oxygens (including phenoxy) is 1. The van der Waals surface area contributed by atoms with Crippen molar-refractivity contribution in [2.45, 2.75) is 58.3 Å². The maximum absolute atomic E-state index is 10.6. The summed E-state index contributed by atoms with van der Waals surface area (Å²) < 4.78 is 4.86. The van der Waals surface area contributed by atoms with Gasteiger partial charge in [-0.05, 0) is 19.8 Å². The van der Waals surface area contributed by atoms with Crippen molar-refractivity contribution in [3.8, 4) is 0 Å².